The van der Waals surface area contributed by atoms with Crippen LogP contribution in [0.5, 0.6) is 0 Å². The highest BCUT2D eigenvalue weighted by atomic mass is 35.5. The second kappa shape index (κ2) is 10.8. The lowest BCUT2D eigenvalue weighted by Crippen LogP contribution is -2.59. The molecular formula is C25H17ClFN5O5. The van der Waals surface area contributed by atoms with Crippen molar-refractivity contribution in [3.05, 3.63) is 94.8 Å². The first-order valence-electron chi connectivity index (χ1n) is 10.7. The summed E-state index contributed by atoms with van der Waals surface area (Å²) < 4.78 is 14.1. The van der Waals surface area contributed by atoms with Crippen LogP contribution in [0.1, 0.15) is 20.7 Å². The fourth-order valence-electron chi connectivity index (χ4n) is 3.33. The highest BCUT2D eigenvalue weighted by Crippen LogP contribution is 2.23. The molecule has 3 N–H and O–H groups in total. The fraction of sp³-hybridized carbons (Fsp3) is 0.0400. The van der Waals surface area contributed by atoms with Crippen LogP contribution in [0.15, 0.2) is 77.9 Å². The number of nitrogens with zero attached hydrogens (tertiary/aromatic N) is 2. The molecule has 1 fully saturated rings. The smallest absolute Gasteiger partial charge is 0.322 e. The van der Waals surface area contributed by atoms with Crippen molar-refractivity contribution in [1.29, 1.82) is 0 Å². The summed E-state index contributed by atoms with van der Waals surface area (Å²) in [6, 6.07) is 16.2. The van der Waals surface area contributed by atoms with Crippen molar-refractivity contribution >= 4 is 58.9 Å². The van der Waals surface area contributed by atoms with Crippen LogP contribution < -0.4 is 21.0 Å². The van der Waals surface area contributed by atoms with E-state index < -0.39 is 35.5 Å². The molecule has 1 aliphatic heterocycles. The predicted molar refractivity (Wildman–Crippen MR) is 133 cm³/mol. The van der Waals surface area contributed by atoms with E-state index in [0.717, 1.165) is 12.3 Å². The molecule has 6 amide bonds. The molecule has 12 heteroatoms. The number of amides is 6. The zero-order valence-corrected chi connectivity index (χ0v) is 19.5. The lowest BCUT2D eigenvalue weighted by molar-refractivity contribution is -0.131. The van der Waals surface area contributed by atoms with Gasteiger partial charge in [0.25, 0.3) is 17.7 Å². The maximum Gasteiger partial charge on any atom is 0.335 e. The van der Waals surface area contributed by atoms with Crippen molar-refractivity contribution in [2.45, 2.75) is 0 Å². The number of benzene rings is 3. The van der Waals surface area contributed by atoms with Gasteiger partial charge in [-0.2, -0.15) is 5.10 Å². The third-order valence-electron chi connectivity index (χ3n) is 5.20. The molecule has 10 nitrogen and oxygen atoms in total. The molecule has 1 aliphatic rings. The number of urea groups is 1. The first-order chi connectivity index (χ1) is 17.7. The summed E-state index contributed by atoms with van der Waals surface area (Å²) in [6.45, 7) is 0. The van der Waals surface area contributed by atoms with E-state index in [0.29, 0.717) is 21.2 Å². The summed E-state index contributed by atoms with van der Waals surface area (Å²) in [6.07, 6.45) is 0.844. The zero-order valence-electron chi connectivity index (χ0n) is 18.8. The predicted octanol–water partition coefficient (Wildman–Crippen LogP) is 3.35. The van der Waals surface area contributed by atoms with Gasteiger partial charge in [0.05, 0.1) is 5.69 Å². The van der Waals surface area contributed by atoms with Gasteiger partial charge in [-0.05, 0) is 60.7 Å². The highest BCUT2D eigenvalue weighted by molar-refractivity contribution is 6.32. The first-order valence-corrected chi connectivity index (χ1v) is 11.1. The molecule has 3 aromatic rings. The number of hydrazone groups is 1. The Balaban J connectivity index is 1.38. The number of hydrogen-bond donors (Lipinski definition) is 3. The molecule has 0 saturated carbocycles. The van der Waals surface area contributed by atoms with Gasteiger partial charge in [0.1, 0.15) is 5.82 Å². The lowest BCUT2D eigenvalue weighted by atomic mass is 10.1. The monoisotopic (exact) mass is 521 g/mol. The number of carbonyl (C=O) groups excluding carboxylic acids is 5. The molecule has 37 heavy (non-hydrogen) atoms. The van der Waals surface area contributed by atoms with E-state index in [2.05, 4.69) is 15.8 Å². The van der Waals surface area contributed by atoms with Gasteiger partial charge < -0.3 is 5.32 Å². The van der Waals surface area contributed by atoms with Crippen LogP contribution in [0.3, 0.4) is 0 Å². The maximum absolute atomic E-state index is 14.1. The van der Waals surface area contributed by atoms with Crippen molar-refractivity contribution in [1.82, 2.24) is 10.7 Å². The van der Waals surface area contributed by atoms with Crippen LogP contribution in [0.2, 0.25) is 5.02 Å². The summed E-state index contributed by atoms with van der Waals surface area (Å²) in [5, 5.41) is 8.78. The second-order valence-corrected chi connectivity index (χ2v) is 8.09. The van der Waals surface area contributed by atoms with Gasteiger partial charge in [-0.3, -0.25) is 24.5 Å². The van der Waals surface area contributed by atoms with Crippen LogP contribution in [0, 0.1) is 11.7 Å². The number of nitrogens with one attached hydrogen (secondary N) is 3. The largest absolute Gasteiger partial charge is 0.335 e. The molecule has 0 spiro atoms. The Morgan fingerprint density at radius 3 is 2.22 bits per heavy atom. The molecule has 1 heterocycles. The number of rotatable bonds is 6. The Morgan fingerprint density at radius 2 is 1.54 bits per heavy atom. The summed E-state index contributed by atoms with van der Waals surface area (Å²) in [4.78, 5) is 62.2. The Labute approximate surface area is 214 Å². The normalized spacial score (nSPS) is 15.5. The van der Waals surface area contributed by atoms with Crippen LogP contribution >= 0.6 is 11.6 Å². The number of barbiturate groups is 1. The van der Waals surface area contributed by atoms with Gasteiger partial charge in [-0.25, -0.2) is 19.5 Å². The van der Waals surface area contributed by atoms with Crippen molar-refractivity contribution in [3.8, 4) is 0 Å². The average molecular weight is 522 g/mol. The lowest BCUT2D eigenvalue weighted by Gasteiger charge is -2.28. The van der Waals surface area contributed by atoms with Gasteiger partial charge in [0.2, 0.25) is 5.91 Å². The average Bonchev–Trinajstić information content (AvgIpc) is 2.87. The zero-order chi connectivity index (χ0) is 26.5. The minimum atomic E-state index is -1.58. The van der Waals surface area contributed by atoms with Crippen LogP contribution in [-0.4, -0.2) is 35.9 Å². The van der Waals surface area contributed by atoms with Crippen molar-refractivity contribution in [3.63, 3.8) is 0 Å². The van der Waals surface area contributed by atoms with Gasteiger partial charge in [0, 0.05) is 28.1 Å². The number of anilines is 2. The SMILES string of the molecule is O=C(N/N=C\[C@H]1C(=O)NC(=O)N(c2ccccc2F)C1=O)c1ccc(NC(=O)c2ccc(Cl)cc2)cc1. The standard InChI is InChI=1S/C25H17ClFN5O5/c26-16-9-5-14(6-10-16)21(33)29-17-11-7-15(8-12-17)22(34)31-28-13-18-23(35)30-25(37)32(24(18)36)20-4-2-1-3-19(20)27/h1-13,18H,(H,29,33)(H,31,34)(H,30,35,37)/b28-13-/t18-/m0/s1. The third kappa shape index (κ3) is 5.68. The van der Waals surface area contributed by atoms with Crippen molar-refractivity contribution < 1.29 is 28.4 Å². The molecule has 1 saturated heterocycles. The van der Waals surface area contributed by atoms with E-state index in [-0.39, 0.29) is 17.2 Å². The van der Waals surface area contributed by atoms with Crippen LogP contribution in [-0.2, 0) is 9.59 Å². The number of carbonyl (C=O) groups is 5. The van der Waals surface area contributed by atoms with Gasteiger partial charge in [-0.1, -0.05) is 23.7 Å². The molecule has 1 atom stereocenters. The van der Waals surface area contributed by atoms with Gasteiger partial charge >= 0.3 is 6.03 Å². The molecule has 0 bridgehead atoms. The molecule has 0 radical (unpaired) electrons. The Morgan fingerprint density at radius 1 is 0.919 bits per heavy atom. The molecule has 0 unspecified atom stereocenters. The minimum absolute atomic E-state index is 0.171. The maximum atomic E-state index is 14.1. The summed E-state index contributed by atoms with van der Waals surface area (Å²) in [7, 11) is 0. The Hall–Kier alpha value is -4.90. The number of hydrogen-bond acceptors (Lipinski definition) is 6. The molecule has 0 aliphatic carbocycles. The molecule has 0 aromatic heterocycles. The number of imide groups is 2. The van der Waals surface area contributed by atoms with Gasteiger partial charge in [0.15, 0.2) is 5.92 Å². The van der Waals surface area contributed by atoms with E-state index in [4.69, 9.17) is 11.6 Å². The second-order valence-electron chi connectivity index (χ2n) is 7.65. The van der Waals surface area contributed by atoms with Crippen molar-refractivity contribution in [2.75, 3.05) is 10.2 Å². The van der Waals surface area contributed by atoms with Crippen LogP contribution in [0.4, 0.5) is 20.6 Å². The van der Waals surface area contributed by atoms with E-state index in [1.54, 1.807) is 24.3 Å². The Bertz CT molecular complexity index is 1430. The minimum Gasteiger partial charge on any atom is -0.322 e. The van der Waals surface area contributed by atoms with Crippen LogP contribution in [0.25, 0.3) is 0 Å². The molecule has 186 valence electrons. The third-order valence-corrected chi connectivity index (χ3v) is 5.45. The van der Waals surface area contributed by atoms with E-state index >= 15 is 0 Å². The summed E-state index contributed by atoms with van der Waals surface area (Å²) in [5.74, 6) is -5.45. The Kier molecular flexibility index (Phi) is 7.35. The summed E-state index contributed by atoms with van der Waals surface area (Å²) >= 11 is 5.82. The highest BCUT2D eigenvalue weighted by Gasteiger charge is 2.41. The summed E-state index contributed by atoms with van der Waals surface area (Å²) in [5.41, 5.74) is 2.85. The molecular weight excluding hydrogens is 505 g/mol. The fourth-order valence-corrected chi connectivity index (χ4v) is 3.45. The number of halogens is 2. The molecule has 4 rings (SSSR count). The topological polar surface area (TPSA) is 137 Å². The van der Waals surface area contributed by atoms with Gasteiger partial charge in [-0.15, -0.1) is 0 Å². The van der Waals surface area contributed by atoms with E-state index in [1.807, 2.05) is 5.32 Å². The van der Waals surface area contributed by atoms with E-state index in [1.165, 1.54) is 42.5 Å². The quantitative estimate of drug-likeness (QED) is 0.259. The first kappa shape index (κ1) is 25.2. The number of para-hydroxylation sites is 1. The van der Waals surface area contributed by atoms with E-state index in [9.17, 15) is 28.4 Å². The van der Waals surface area contributed by atoms with Crippen molar-refractivity contribution in [2.24, 2.45) is 11.0 Å². The molecule has 3 aromatic carbocycles.